The highest BCUT2D eigenvalue weighted by Crippen LogP contribution is 2.36. The maximum absolute atomic E-state index is 12.7. The molecule has 0 aromatic heterocycles. The van der Waals surface area contributed by atoms with E-state index in [4.69, 9.17) is 30.5 Å². The fourth-order valence-corrected chi connectivity index (χ4v) is 2.74. The predicted molar refractivity (Wildman–Crippen MR) is 115 cm³/mol. The minimum atomic E-state index is -0.619. The number of nitrogens with one attached hydrogen (secondary N) is 1. The summed E-state index contributed by atoms with van der Waals surface area (Å²) in [6.45, 7) is 3.92. The summed E-state index contributed by atoms with van der Waals surface area (Å²) in [5.74, 6) is 1.06. The summed E-state index contributed by atoms with van der Waals surface area (Å²) in [5, 5.41) is 12.5. The van der Waals surface area contributed by atoms with Crippen LogP contribution in [0.25, 0.3) is 6.08 Å². The lowest BCUT2D eigenvalue weighted by Crippen LogP contribution is -2.14. The van der Waals surface area contributed by atoms with Crippen LogP contribution in [0.5, 0.6) is 23.0 Å². The van der Waals surface area contributed by atoms with Crippen molar-refractivity contribution < 1.29 is 23.7 Å². The lowest BCUT2D eigenvalue weighted by atomic mass is 10.1. The van der Waals surface area contributed by atoms with Gasteiger partial charge in [0, 0.05) is 12.1 Å². The lowest BCUT2D eigenvalue weighted by molar-refractivity contribution is -0.112. The first kappa shape index (κ1) is 22.7. The molecule has 2 aromatic rings. The minimum Gasteiger partial charge on any atom is -0.495 e. The van der Waals surface area contributed by atoms with E-state index in [2.05, 4.69) is 11.9 Å². The minimum absolute atomic E-state index is 0.118. The third kappa shape index (κ3) is 5.46. The molecule has 0 radical (unpaired) electrons. The van der Waals surface area contributed by atoms with Crippen LogP contribution in [-0.4, -0.2) is 33.8 Å². The molecule has 8 heteroatoms. The van der Waals surface area contributed by atoms with Gasteiger partial charge in [-0.2, -0.15) is 5.26 Å². The zero-order valence-electron chi connectivity index (χ0n) is 16.8. The number of carbonyl (C=O) groups is 1. The third-order valence-electron chi connectivity index (χ3n) is 3.94. The second-order valence-corrected chi connectivity index (χ2v) is 6.23. The molecule has 0 atom stereocenters. The Morgan fingerprint density at radius 2 is 1.80 bits per heavy atom. The van der Waals surface area contributed by atoms with Crippen molar-refractivity contribution in [3.8, 4) is 29.1 Å². The summed E-state index contributed by atoms with van der Waals surface area (Å²) < 4.78 is 21.2. The number of amides is 1. The van der Waals surface area contributed by atoms with E-state index in [1.165, 1.54) is 39.5 Å². The van der Waals surface area contributed by atoms with Crippen molar-refractivity contribution in [1.29, 1.82) is 5.26 Å². The second kappa shape index (κ2) is 10.8. The summed E-state index contributed by atoms with van der Waals surface area (Å²) in [7, 11) is 4.40. The number of anilines is 1. The Morgan fingerprint density at radius 3 is 2.40 bits per heavy atom. The summed E-state index contributed by atoms with van der Waals surface area (Å²) >= 11 is 6.08. The maximum atomic E-state index is 12.7. The van der Waals surface area contributed by atoms with Gasteiger partial charge in [-0.3, -0.25) is 4.79 Å². The second-order valence-electron chi connectivity index (χ2n) is 5.82. The maximum Gasteiger partial charge on any atom is 0.266 e. The number of nitrogens with zero attached hydrogens (tertiary/aromatic N) is 1. The van der Waals surface area contributed by atoms with Crippen molar-refractivity contribution >= 4 is 29.3 Å². The fraction of sp³-hybridized carbons (Fsp3) is 0.182. The van der Waals surface area contributed by atoms with E-state index in [1.807, 2.05) is 6.07 Å². The normalized spacial score (nSPS) is 10.6. The molecule has 0 spiro atoms. The summed E-state index contributed by atoms with van der Waals surface area (Å²) in [4.78, 5) is 12.7. The van der Waals surface area contributed by atoms with E-state index < -0.39 is 5.91 Å². The van der Waals surface area contributed by atoms with Crippen molar-refractivity contribution in [2.24, 2.45) is 0 Å². The molecule has 0 saturated carbocycles. The first-order valence-corrected chi connectivity index (χ1v) is 9.11. The van der Waals surface area contributed by atoms with Gasteiger partial charge >= 0.3 is 0 Å². The van der Waals surface area contributed by atoms with Crippen LogP contribution in [0.1, 0.15) is 5.56 Å². The number of hydrogen-bond acceptors (Lipinski definition) is 6. The molecule has 2 rings (SSSR count). The van der Waals surface area contributed by atoms with Crippen molar-refractivity contribution in [3.63, 3.8) is 0 Å². The monoisotopic (exact) mass is 428 g/mol. The van der Waals surface area contributed by atoms with Crippen LogP contribution < -0.4 is 24.3 Å². The molecule has 2 aromatic carbocycles. The van der Waals surface area contributed by atoms with Crippen LogP contribution in [-0.2, 0) is 4.79 Å². The van der Waals surface area contributed by atoms with Gasteiger partial charge < -0.3 is 24.3 Å². The van der Waals surface area contributed by atoms with Gasteiger partial charge in [0.1, 0.15) is 29.7 Å². The van der Waals surface area contributed by atoms with Gasteiger partial charge in [-0.05, 0) is 23.8 Å². The van der Waals surface area contributed by atoms with E-state index in [9.17, 15) is 10.1 Å². The number of halogens is 1. The fourth-order valence-electron chi connectivity index (χ4n) is 2.50. The van der Waals surface area contributed by atoms with E-state index in [0.717, 1.165) is 0 Å². The molecule has 1 N–H and O–H groups in total. The number of rotatable bonds is 9. The molecule has 0 aliphatic heterocycles. The first-order chi connectivity index (χ1) is 14.5. The Bertz CT molecular complexity index is 1010. The third-order valence-corrected chi connectivity index (χ3v) is 4.24. The molecular weight excluding hydrogens is 408 g/mol. The summed E-state index contributed by atoms with van der Waals surface area (Å²) in [6, 6.07) is 9.99. The zero-order valence-corrected chi connectivity index (χ0v) is 17.6. The molecule has 0 aliphatic rings. The summed E-state index contributed by atoms with van der Waals surface area (Å²) in [5.41, 5.74) is 0.786. The SMILES string of the molecule is C=CCOc1ccc(/C=C(\C#N)C(=O)Nc2cc(OC)c(Cl)cc2OC)cc1OC. The van der Waals surface area contributed by atoms with Crippen LogP contribution in [0, 0.1) is 11.3 Å². The average molecular weight is 429 g/mol. The number of carbonyl (C=O) groups excluding carboxylic acids is 1. The van der Waals surface area contributed by atoms with Crippen LogP contribution in [0.15, 0.2) is 48.6 Å². The molecule has 0 aliphatic carbocycles. The van der Waals surface area contributed by atoms with Gasteiger partial charge in [-0.15, -0.1) is 0 Å². The molecule has 0 fully saturated rings. The molecule has 1 amide bonds. The van der Waals surface area contributed by atoms with Gasteiger partial charge in [0.2, 0.25) is 0 Å². The van der Waals surface area contributed by atoms with Gasteiger partial charge in [0.25, 0.3) is 5.91 Å². The van der Waals surface area contributed by atoms with Crippen molar-refractivity contribution in [3.05, 3.63) is 59.1 Å². The van der Waals surface area contributed by atoms with Crippen molar-refractivity contribution in [1.82, 2.24) is 0 Å². The number of methoxy groups -OCH3 is 3. The van der Waals surface area contributed by atoms with Gasteiger partial charge in [-0.1, -0.05) is 30.3 Å². The van der Waals surface area contributed by atoms with E-state index in [1.54, 1.807) is 24.3 Å². The Hall–Kier alpha value is -3.63. The van der Waals surface area contributed by atoms with Crippen molar-refractivity contribution in [2.75, 3.05) is 33.3 Å². The molecule has 0 unspecified atom stereocenters. The molecule has 156 valence electrons. The Labute approximate surface area is 180 Å². The Morgan fingerprint density at radius 1 is 1.10 bits per heavy atom. The Balaban J connectivity index is 2.32. The highest BCUT2D eigenvalue weighted by Gasteiger charge is 2.16. The van der Waals surface area contributed by atoms with Gasteiger partial charge in [-0.25, -0.2) is 0 Å². The number of nitriles is 1. The predicted octanol–water partition coefficient (Wildman–Crippen LogP) is 4.48. The molecule has 7 nitrogen and oxygen atoms in total. The highest BCUT2D eigenvalue weighted by molar-refractivity contribution is 6.32. The number of ether oxygens (including phenoxy) is 4. The quantitative estimate of drug-likeness (QED) is 0.360. The van der Waals surface area contributed by atoms with Gasteiger partial charge in [0.05, 0.1) is 32.0 Å². The molecule has 30 heavy (non-hydrogen) atoms. The smallest absolute Gasteiger partial charge is 0.266 e. The van der Waals surface area contributed by atoms with Crippen LogP contribution >= 0.6 is 11.6 Å². The van der Waals surface area contributed by atoms with Crippen LogP contribution in [0.2, 0.25) is 5.02 Å². The van der Waals surface area contributed by atoms with Crippen molar-refractivity contribution in [2.45, 2.75) is 0 Å². The number of benzene rings is 2. The largest absolute Gasteiger partial charge is 0.495 e. The number of hydrogen-bond donors (Lipinski definition) is 1. The van der Waals surface area contributed by atoms with E-state index in [-0.39, 0.29) is 5.57 Å². The van der Waals surface area contributed by atoms with Crippen LogP contribution in [0.4, 0.5) is 5.69 Å². The van der Waals surface area contributed by atoms with E-state index in [0.29, 0.717) is 45.9 Å². The standard InChI is InChI=1S/C22H21ClN2O5/c1-5-8-30-18-7-6-14(10-21(18)29-4)9-15(13-24)22(26)25-17-12-19(27-2)16(23)11-20(17)28-3/h5-7,9-12H,1,8H2,2-4H3,(H,25,26)/b15-9+. The molecule has 0 bridgehead atoms. The molecular formula is C22H21ClN2O5. The van der Waals surface area contributed by atoms with E-state index >= 15 is 0 Å². The average Bonchev–Trinajstić information content (AvgIpc) is 2.76. The lowest BCUT2D eigenvalue weighted by Gasteiger charge is -2.13. The van der Waals surface area contributed by atoms with Crippen LogP contribution in [0.3, 0.4) is 0 Å². The topological polar surface area (TPSA) is 89.8 Å². The molecule has 0 heterocycles. The summed E-state index contributed by atoms with van der Waals surface area (Å²) in [6.07, 6.45) is 3.06. The first-order valence-electron chi connectivity index (χ1n) is 8.73. The zero-order chi connectivity index (χ0) is 22.1. The van der Waals surface area contributed by atoms with Gasteiger partial charge in [0.15, 0.2) is 11.5 Å². The highest BCUT2D eigenvalue weighted by atomic mass is 35.5. The molecule has 0 saturated heterocycles. The Kier molecular flexibility index (Phi) is 8.15.